The van der Waals surface area contributed by atoms with Crippen LogP contribution in [0, 0.1) is 0 Å². The molecule has 0 amide bonds. The molecular formula is C13H16O3. The summed E-state index contributed by atoms with van der Waals surface area (Å²) in [5.74, 6) is 0.548. The first-order valence-electron chi connectivity index (χ1n) is 5.21. The molecule has 0 N–H and O–H groups in total. The second-order valence-electron chi connectivity index (χ2n) is 3.28. The van der Waals surface area contributed by atoms with Crippen molar-refractivity contribution in [3.8, 4) is 5.75 Å². The monoisotopic (exact) mass is 220 g/mol. The molecule has 0 aromatic heterocycles. The maximum Gasteiger partial charge on any atom is 0.302 e. The fourth-order valence-electron chi connectivity index (χ4n) is 1.24. The highest BCUT2D eigenvalue weighted by atomic mass is 16.5. The van der Waals surface area contributed by atoms with Crippen molar-refractivity contribution in [3.63, 3.8) is 0 Å². The highest BCUT2D eigenvalue weighted by Gasteiger charge is 1.99. The molecule has 3 heteroatoms. The minimum Gasteiger partial charge on any atom is -0.493 e. The maximum absolute atomic E-state index is 10.5. The summed E-state index contributed by atoms with van der Waals surface area (Å²) in [6.45, 7) is 6.03. The van der Waals surface area contributed by atoms with Gasteiger partial charge in [0.2, 0.25) is 0 Å². The van der Waals surface area contributed by atoms with Crippen LogP contribution in [0.1, 0.15) is 18.9 Å². The number of carbonyl (C=O) groups excluding carboxylic acids is 1. The van der Waals surface area contributed by atoms with Gasteiger partial charge in [0.05, 0.1) is 13.2 Å². The standard InChI is InChI=1S/C13H16O3/c1-3-12-7-4-5-8-13(12)16-10-6-9-15-11(2)14/h3-5,7-8H,1,6,9-10H2,2H3. The second-order valence-corrected chi connectivity index (χ2v) is 3.28. The van der Waals surface area contributed by atoms with Gasteiger partial charge in [-0.05, 0) is 6.07 Å². The first kappa shape index (κ1) is 12.3. The van der Waals surface area contributed by atoms with Crippen LogP contribution in [-0.4, -0.2) is 19.2 Å². The van der Waals surface area contributed by atoms with Gasteiger partial charge < -0.3 is 9.47 Å². The van der Waals surface area contributed by atoms with Gasteiger partial charge in [0, 0.05) is 18.9 Å². The van der Waals surface area contributed by atoms with Crippen molar-refractivity contribution in [2.24, 2.45) is 0 Å². The minimum atomic E-state index is -0.258. The van der Waals surface area contributed by atoms with Crippen LogP contribution in [0.15, 0.2) is 30.8 Å². The molecule has 0 saturated carbocycles. The third-order valence-corrected chi connectivity index (χ3v) is 1.99. The summed E-state index contributed by atoms with van der Waals surface area (Å²) in [7, 11) is 0. The van der Waals surface area contributed by atoms with Crippen LogP contribution in [0.2, 0.25) is 0 Å². The van der Waals surface area contributed by atoms with Crippen molar-refractivity contribution in [3.05, 3.63) is 36.4 Å². The lowest BCUT2D eigenvalue weighted by atomic mass is 10.2. The van der Waals surface area contributed by atoms with E-state index in [0.29, 0.717) is 19.6 Å². The van der Waals surface area contributed by atoms with Crippen LogP contribution in [0.3, 0.4) is 0 Å². The molecule has 0 spiro atoms. The smallest absolute Gasteiger partial charge is 0.302 e. The summed E-state index contributed by atoms with van der Waals surface area (Å²) in [6, 6.07) is 7.67. The van der Waals surface area contributed by atoms with E-state index in [1.54, 1.807) is 6.08 Å². The molecule has 1 aromatic rings. The number of hydrogen-bond acceptors (Lipinski definition) is 3. The van der Waals surface area contributed by atoms with Gasteiger partial charge in [0.15, 0.2) is 0 Å². The highest BCUT2D eigenvalue weighted by molar-refractivity contribution is 5.65. The van der Waals surface area contributed by atoms with Crippen LogP contribution < -0.4 is 4.74 Å². The quantitative estimate of drug-likeness (QED) is 0.546. The Morgan fingerprint density at radius 3 is 2.81 bits per heavy atom. The molecule has 1 aromatic carbocycles. The molecule has 0 bridgehead atoms. The number of carbonyl (C=O) groups is 1. The number of para-hydroxylation sites is 1. The maximum atomic E-state index is 10.5. The van der Waals surface area contributed by atoms with E-state index in [1.807, 2.05) is 24.3 Å². The summed E-state index contributed by atoms with van der Waals surface area (Å²) in [6.07, 6.45) is 2.44. The number of hydrogen-bond donors (Lipinski definition) is 0. The SMILES string of the molecule is C=Cc1ccccc1OCCCOC(C)=O. The fourth-order valence-corrected chi connectivity index (χ4v) is 1.24. The van der Waals surface area contributed by atoms with Crippen molar-refractivity contribution < 1.29 is 14.3 Å². The van der Waals surface area contributed by atoms with E-state index >= 15 is 0 Å². The Morgan fingerprint density at radius 2 is 2.12 bits per heavy atom. The Bertz CT molecular complexity index is 358. The zero-order chi connectivity index (χ0) is 11.8. The zero-order valence-corrected chi connectivity index (χ0v) is 9.44. The summed E-state index contributed by atoms with van der Waals surface area (Å²) < 4.78 is 10.3. The Kier molecular flexibility index (Phi) is 5.12. The van der Waals surface area contributed by atoms with E-state index < -0.39 is 0 Å². The molecule has 86 valence electrons. The van der Waals surface area contributed by atoms with Crippen LogP contribution in [0.4, 0.5) is 0 Å². The number of benzene rings is 1. The van der Waals surface area contributed by atoms with Gasteiger partial charge in [0.1, 0.15) is 5.75 Å². The Balaban J connectivity index is 2.31. The summed E-state index contributed by atoms with van der Waals surface area (Å²) in [5.41, 5.74) is 0.968. The van der Waals surface area contributed by atoms with Gasteiger partial charge in [-0.25, -0.2) is 0 Å². The van der Waals surface area contributed by atoms with Gasteiger partial charge in [-0.3, -0.25) is 4.79 Å². The van der Waals surface area contributed by atoms with E-state index in [9.17, 15) is 4.79 Å². The van der Waals surface area contributed by atoms with E-state index in [4.69, 9.17) is 9.47 Å². The largest absolute Gasteiger partial charge is 0.493 e. The number of esters is 1. The molecule has 16 heavy (non-hydrogen) atoms. The third kappa shape index (κ3) is 4.17. The Hall–Kier alpha value is -1.77. The van der Waals surface area contributed by atoms with Crippen LogP contribution in [-0.2, 0) is 9.53 Å². The van der Waals surface area contributed by atoms with E-state index in [-0.39, 0.29) is 5.97 Å². The lowest BCUT2D eigenvalue weighted by Gasteiger charge is -2.08. The van der Waals surface area contributed by atoms with Crippen molar-refractivity contribution >= 4 is 12.0 Å². The molecule has 0 heterocycles. The second kappa shape index (κ2) is 6.67. The third-order valence-electron chi connectivity index (χ3n) is 1.99. The van der Waals surface area contributed by atoms with Crippen LogP contribution in [0.5, 0.6) is 5.75 Å². The number of rotatable bonds is 6. The predicted octanol–water partition coefficient (Wildman–Crippen LogP) is 2.66. The van der Waals surface area contributed by atoms with E-state index in [1.165, 1.54) is 6.92 Å². The summed E-state index contributed by atoms with van der Waals surface area (Å²) >= 11 is 0. The molecule has 0 atom stereocenters. The molecule has 0 aliphatic rings. The predicted molar refractivity (Wildman–Crippen MR) is 63.3 cm³/mol. The summed E-state index contributed by atoms with van der Waals surface area (Å²) in [4.78, 5) is 10.5. The van der Waals surface area contributed by atoms with Gasteiger partial charge in [0.25, 0.3) is 0 Å². The first-order chi connectivity index (χ1) is 7.74. The van der Waals surface area contributed by atoms with Gasteiger partial charge in [-0.15, -0.1) is 0 Å². The lowest BCUT2D eigenvalue weighted by Crippen LogP contribution is -2.06. The van der Waals surface area contributed by atoms with Crippen molar-refractivity contribution in [2.75, 3.05) is 13.2 Å². The molecule has 1 rings (SSSR count). The average molecular weight is 220 g/mol. The number of ether oxygens (including phenoxy) is 2. The van der Waals surface area contributed by atoms with Crippen molar-refractivity contribution in [1.29, 1.82) is 0 Å². The molecular weight excluding hydrogens is 204 g/mol. The van der Waals surface area contributed by atoms with E-state index in [0.717, 1.165) is 11.3 Å². The molecule has 0 aliphatic heterocycles. The zero-order valence-electron chi connectivity index (χ0n) is 9.44. The van der Waals surface area contributed by atoms with Gasteiger partial charge >= 0.3 is 5.97 Å². The van der Waals surface area contributed by atoms with Crippen LogP contribution in [0.25, 0.3) is 6.08 Å². The molecule has 0 fully saturated rings. The van der Waals surface area contributed by atoms with E-state index in [2.05, 4.69) is 6.58 Å². The lowest BCUT2D eigenvalue weighted by molar-refractivity contribution is -0.141. The highest BCUT2D eigenvalue weighted by Crippen LogP contribution is 2.18. The molecule has 0 radical (unpaired) electrons. The Labute approximate surface area is 95.7 Å². The first-order valence-corrected chi connectivity index (χ1v) is 5.21. The summed E-state index contributed by atoms with van der Waals surface area (Å²) in [5, 5.41) is 0. The Morgan fingerprint density at radius 1 is 1.38 bits per heavy atom. The average Bonchev–Trinajstić information content (AvgIpc) is 2.29. The minimum absolute atomic E-state index is 0.258. The molecule has 0 unspecified atom stereocenters. The fraction of sp³-hybridized carbons (Fsp3) is 0.308. The van der Waals surface area contributed by atoms with Crippen LogP contribution >= 0.6 is 0 Å². The van der Waals surface area contributed by atoms with Gasteiger partial charge in [-0.1, -0.05) is 30.9 Å². The van der Waals surface area contributed by atoms with Gasteiger partial charge in [-0.2, -0.15) is 0 Å². The molecule has 3 nitrogen and oxygen atoms in total. The van der Waals surface area contributed by atoms with Crippen molar-refractivity contribution in [2.45, 2.75) is 13.3 Å². The topological polar surface area (TPSA) is 35.5 Å². The molecule has 0 aliphatic carbocycles. The normalized spacial score (nSPS) is 9.56. The molecule has 0 saturated heterocycles. The van der Waals surface area contributed by atoms with Crippen molar-refractivity contribution in [1.82, 2.24) is 0 Å².